The third kappa shape index (κ3) is 4.24. The molecule has 6 N–H and O–H groups in total. The maximum absolute atomic E-state index is 13.1. The fourth-order valence-electron chi connectivity index (χ4n) is 3.44. The molecule has 9 nitrogen and oxygen atoms in total. The summed E-state index contributed by atoms with van der Waals surface area (Å²) in [5.41, 5.74) is 15.6. The molecular formula is C24H22N6O3. The highest BCUT2D eigenvalue weighted by Gasteiger charge is 2.23. The van der Waals surface area contributed by atoms with Gasteiger partial charge in [0.15, 0.2) is 0 Å². The van der Waals surface area contributed by atoms with Crippen molar-refractivity contribution in [2.24, 2.45) is 5.73 Å². The molecule has 1 amide bonds. The minimum Gasteiger partial charge on any atom is -0.479 e. The second-order valence-electron chi connectivity index (χ2n) is 7.25. The summed E-state index contributed by atoms with van der Waals surface area (Å²) in [5.74, 6) is 0.124. The van der Waals surface area contributed by atoms with Crippen LogP contribution in [-0.4, -0.2) is 29.0 Å². The van der Waals surface area contributed by atoms with Crippen molar-refractivity contribution in [3.05, 3.63) is 77.6 Å². The van der Waals surface area contributed by atoms with Gasteiger partial charge in [0.25, 0.3) is 5.91 Å². The van der Waals surface area contributed by atoms with Crippen molar-refractivity contribution >= 4 is 23.1 Å². The third-order valence-corrected chi connectivity index (χ3v) is 5.08. The molecule has 4 rings (SSSR count). The number of carbonyl (C=O) groups excluding carboxylic acids is 1. The largest absolute Gasteiger partial charge is 0.479 e. The first-order chi connectivity index (χ1) is 15.9. The number of nitrogens with two attached hydrogens (primary N) is 2. The lowest BCUT2D eigenvalue weighted by atomic mass is 10.0. The summed E-state index contributed by atoms with van der Waals surface area (Å²) in [6.45, 7) is 1.68. The zero-order chi connectivity index (χ0) is 23.5. The highest BCUT2D eigenvalue weighted by atomic mass is 16.5. The summed E-state index contributed by atoms with van der Waals surface area (Å²) in [4.78, 5) is 17.6. The predicted octanol–water partition coefficient (Wildman–Crippen LogP) is 3.84. The van der Waals surface area contributed by atoms with E-state index < -0.39 is 5.91 Å². The van der Waals surface area contributed by atoms with Crippen LogP contribution in [0.1, 0.15) is 21.7 Å². The van der Waals surface area contributed by atoms with E-state index in [1.807, 2.05) is 30.3 Å². The molecule has 0 bridgehead atoms. The Bertz CT molecular complexity index is 1350. The van der Waals surface area contributed by atoms with E-state index in [1.54, 1.807) is 37.3 Å². The molecule has 0 atom stereocenters. The second-order valence-corrected chi connectivity index (χ2v) is 7.25. The molecule has 166 valence electrons. The van der Waals surface area contributed by atoms with Gasteiger partial charge < -0.3 is 26.0 Å². The van der Waals surface area contributed by atoms with Crippen LogP contribution in [0.5, 0.6) is 5.88 Å². The Kier molecular flexibility index (Phi) is 5.77. The molecule has 0 spiro atoms. The lowest BCUT2D eigenvalue weighted by Crippen LogP contribution is -2.15. The summed E-state index contributed by atoms with van der Waals surface area (Å²) < 4.78 is 10.7. The number of hydrogen-bond donors (Lipinski definition) is 4. The van der Waals surface area contributed by atoms with E-state index in [2.05, 4.69) is 15.5 Å². The SMILES string of the molecule is COc1nc(-c2ccc(C(=N)N)c(N)c2)ccc1NC(=O)c1c(-c2ccccc2)noc1C. The molecule has 0 aliphatic heterocycles. The zero-order valence-corrected chi connectivity index (χ0v) is 18.0. The number of hydrogen-bond acceptors (Lipinski definition) is 7. The first-order valence-corrected chi connectivity index (χ1v) is 10.0. The van der Waals surface area contributed by atoms with Gasteiger partial charge in [-0.2, -0.15) is 0 Å². The summed E-state index contributed by atoms with van der Waals surface area (Å²) >= 11 is 0. The van der Waals surface area contributed by atoms with Crippen molar-refractivity contribution in [1.82, 2.24) is 10.1 Å². The maximum Gasteiger partial charge on any atom is 0.261 e. The summed E-state index contributed by atoms with van der Waals surface area (Å²) in [5, 5.41) is 14.5. The van der Waals surface area contributed by atoms with Crippen LogP contribution in [-0.2, 0) is 0 Å². The van der Waals surface area contributed by atoms with E-state index in [-0.39, 0.29) is 11.7 Å². The van der Waals surface area contributed by atoms with E-state index in [0.29, 0.717) is 39.6 Å². The van der Waals surface area contributed by atoms with E-state index >= 15 is 0 Å². The monoisotopic (exact) mass is 442 g/mol. The number of anilines is 2. The second kappa shape index (κ2) is 8.83. The number of amides is 1. The highest BCUT2D eigenvalue weighted by Crippen LogP contribution is 2.31. The fraction of sp³-hybridized carbons (Fsp3) is 0.0833. The number of nitrogens with one attached hydrogen (secondary N) is 2. The molecule has 2 heterocycles. The topological polar surface area (TPSA) is 153 Å². The number of carbonyl (C=O) groups is 1. The zero-order valence-electron chi connectivity index (χ0n) is 18.0. The molecule has 33 heavy (non-hydrogen) atoms. The van der Waals surface area contributed by atoms with Crippen molar-refractivity contribution in [3.63, 3.8) is 0 Å². The Morgan fingerprint density at radius 2 is 1.85 bits per heavy atom. The molecule has 4 aromatic rings. The van der Waals surface area contributed by atoms with Gasteiger partial charge in [-0.05, 0) is 31.2 Å². The Labute approximate surface area is 189 Å². The molecular weight excluding hydrogens is 420 g/mol. The minimum absolute atomic E-state index is 0.110. The summed E-state index contributed by atoms with van der Waals surface area (Å²) in [6.07, 6.45) is 0. The Morgan fingerprint density at radius 3 is 2.52 bits per heavy atom. The Morgan fingerprint density at radius 1 is 1.09 bits per heavy atom. The molecule has 0 aliphatic carbocycles. The number of rotatable bonds is 6. The average molecular weight is 442 g/mol. The molecule has 2 aromatic heterocycles. The van der Waals surface area contributed by atoms with Gasteiger partial charge in [-0.3, -0.25) is 10.2 Å². The van der Waals surface area contributed by atoms with Gasteiger partial charge in [0.2, 0.25) is 5.88 Å². The lowest BCUT2D eigenvalue weighted by Gasteiger charge is -2.12. The quantitative estimate of drug-likeness (QED) is 0.201. The van der Waals surface area contributed by atoms with Crippen molar-refractivity contribution < 1.29 is 14.1 Å². The number of amidine groups is 1. The van der Waals surface area contributed by atoms with E-state index in [1.165, 1.54) is 7.11 Å². The van der Waals surface area contributed by atoms with Crippen LogP contribution < -0.4 is 21.5 Å². The molecule has 9 heteroatoms. The van der Waals surface area contributed by atoms with Crippen molar-refractivity contribution in [3.8, 4) is 28.4 Å². The molecule has 0 aliphatic rings. The number of benzene rings is 2. The Hall–Kier alpha value is -4.66. The third-order valence-electron chi connectivity index (χ3n) is 5.08. The number of nitrogen functional groups attached to an aromatic ring is 2. The predicted molar refractivity (Wildman–Crippen MR) is 126 cm³/mol. The molecule has 0 saturated carbocycles. The lowest BCUT2D eigenvalue weighted by molar-refractivity contribution is 0.102. The van der Waals surface area contributed by atoms with Gasteiger partial charge in [0.1, 0.15) is 28.5 Å². The van der Waals surface area contributed by atoms with Gasteiger partial charge in [-0.25, -0.2) is 4.98 Å². The smallest absolute Gasteiger partial charge is 0.261 e. The first-order valence-electron chi connectivity index (χ1n) is 10.0. The first kappa shape index (κ1) is 21.6. The standard InChI is InChI=1S/C24H22N6O3/c1-13-20(21(30-33-13)14-6-4-3-5-7-14)23(31)28-19-11-10-18(29-24(19)32-2)15-8-9-16(22(26)27)17(25)12-15/h3-12H,25H2,1-2H3,(H3,26,27)(H,28,31). The van der Waals surface area contributed by atoms with E-state index in [0.717, 1.165) is 11.1 Å². The molecule has 0 fully saturated rings. The van der Waals surface area contributed by atoms with Crippen LogP contribution in [0.25, 0.3) is 22.5 Å². The summed E-state index contributed by atoms with van der Waals surface area (Å²) in [7, 11) is 1.47. The van der Waals surface area contributed by atoms with Crippen molar-refractivity contribution in [1.29, 1.82) is 5.41 Å². The average Bonchev–Trinajstić information content (AvgIpc) is 3.21. The van der Waals surface area contributed by atoms with Gasteiger partial charge in [-0.15, -0.1) is 0 Å². The highest BCUT2D eigenvalue weighted by molar-refractivity contribution is 6.09. The molecule has 0 radical (unpaired) electrons. The summed E-state index contributed by atoms with van der Waals surface area (Å²) in [6, 6.07) is 17.9. The Balaban J connectivity index is 1.64. The number of aryl methyl sites for hydroxylation is 1. The van der Waals surface area contributed by atoms with Gasteiger partial charge in [0, 0.05) is 22.4 Å². The van der Waals surface area contributed by atoms with Crippen LogP contribution >= 0.6 is 0 Å². The molecule has 2 aromatic carbocycles. The van der Waals surface area contributed by atoms with Gasteiger partial charge in [-0.1, -0.05) is 41.6 Å². The van der Waals surface area contributed by atoms with E-state index in [4.69, 9.17) is 26.1 Å². The van der Waals surface area contributed by atoms with Crippen molar-refractivity contribution in [2.75, 3.05) is 18.2 Å². The van der Waals surface area contributed by atoms with Crippen molar-refractivity contribution in [2.45, 2.75) is 6.92 Å². The molecule has 0 saturated heterocycles. The number of nitrogens with zero attached hydrogens (tertiary/aromatic N) is 2. The number of aromatic nitrogens is 2. The molecule has 0 unspecified atom stereocenters. The van der Waals surface area contributed by atoms with Crippen LogP contribution in [0.2, 0.25) is 0 Å². The normalized spacial score (nSPS) is 10.6. The van der Waals surface area contributed by atoms with Crippen LogP contribution in [0.4, 0.5) is 11.4 Å². The number of pyridine rings is 1. The van der Waals surface area contributed by atoms with Crippen LogP contribution in [0, 0.1) is 12.3 Å². The van der Waals surface area contributed by atoms with Crippen LogP contribution in [0.15, 0.2) is 65.2 Å². The van der Waals surface area contributed by atoms with Gasteiger partial charge >= 0.3 is 0 Å². The number of ether oxygens (including phenoxy) is 1. The fourth-order valence-corrected chi connectivity index (χ4v) is 3.44. The van der Waals surface area contributed by atoms with E-state index in [9.17, 15) is 4.79 Å². The number of methoxy groups -OCH3 is 1. The van der Waals surface area contributed by atoms with Crippen LogP contribution in [0.3, 0.4) is 0 Å². The minimum atomic E-state index is -0.393. The van der Waals surface area contributed by atoms with Gasteiger partial charge in [0.05, 0.1) is 12.8 Å². The maximum atomic E-state index is 13.1.